The third-order valence-corrected chi connectivity index (χ3v) is 2.00. The van der Waals surface area contributed by atoms with Crippen LogP contribution in [-0.2, 0) is 0 Å². The van der Waals surface area contributed by atoms with Gasteiger partial charge in [0.05, 0.1) is 11.6 Å². The maximum Gasteiger partial charge on any atom is 0.120 e. The van der Waals surface area contributed by atoms with E-state index in [2.05, 4.69) is 0 Å². The fourth-order valence-corrected chi connectivity index (χ4v) is 1.22. The Balaban J connectivity index is 3.01. The molecule has 4 N–H and O–H groups in total. The second-order valence-electron chi connectivity index (χ2n) is 3.00. The Morgan fingerprint density at radius 1 is 1.50 bits per heavy atom. The van der Waals surface area contributed by atoms with Crippen LogP contribution in [0.2, 0.25) is 0 Å². The number of aromatic hydroxyl groups is 1. The molecule has 1 rings (SSSR count). The van der Waals surface area contributed by atoms with Crippen molar-refractivity contribution in [3.05, 3.63) is 29.3 Å². The summed E-state index contributed by atoms with van der Waals surface area (Å²) >= 11 is 0. The number of phenols is 1. The molecule has 4 nitrogen and oxygen atoms in total. The van der Waals surface area contributed by atoms with Crippen LogP contribution in [0.3, 0.4) is 0 Å². The number of nitriles is 1. The predicted octanol–water partition coefficient (Wildman–Crippen LogP) is 0.646. The molecule has 0 saturated heterocycles. The minimum absolute atomic E-state index is 0.0443. The van der Waals surface area contributed by atoms with E-state index in [0.29, 0.717) is 17.5 Å². The van der Waals surface area contributed by atoms with Crippen molar-refractivity contribution in [1.29, 1.82) is 5.26 Å². The van der Waals surface area contributed by atoms with Gasteiger partial charge < -0.3 is 15.9 Å². The third-order valence-electron chi connectivity index (χ3n) is 2.00. The number of hydrogen-bond acceptors (Lipinski definition) is 4. The van der Waals surface area contributed by atoms with Crippen molar-refractivity contribution in [3.63, 3.8) is 0 Å². The Kier molecular flexibility index (Phi) is 3.46. The standard InChI is InChI=1S/C10H12N2O2/c11-6-7-1-2-10(14)8(5-7)9(12)3-4-13/h1-2,5,9,13-14H,3-4,12H2/t9-/m1/s1. The monoisotopic (exact) mass is 192 g/mol. The van der Waals surface area contributed by atoms with Crippen LogP contribution >= 0.6 is 0 Å². The van der Waals surface area contributed by atoms with Gasteiger partial charge in [-0.3, -0.25) is 0 Å². The number of hydrogen-bond donors (Lipinski definition) is 3. The molecule has 0 fully saturated rings. The molecule has 0 amide bonds. The van der Waals surface area contributed by atoms with E-state index in [9.17, 15) is 5.11 Å². The average Bonchev–Trinajstić information content (AvgIpc) is 2.19. The largest absolute Gasteiger partial charge is 0.508 e. The lowest BCUT2D eigenvalue weighted by Gasteiger charge is -2.12. The SMILES string of the molecule is N#Cc1ccc(O)c([C@H](N)CCO)c1. The van der Waals surface area contributed by atoms with Crippen molar-refractivity contribution in [2.45, 2.75) is 12.5 Å². The number of nitrogens with zero attached hydrogens (tertiary/aromatic N) is 1. The summed E-state index contributed by atoms with van der Waals surface area (Å²) in [6, 6.07) is 6.02. The molecule has 0 aliphatic heterocycles. The zero-order valence-electron chi connectivity index (χ0n) is 7.64. The summed E-state index contributed by atoms with van der Waals surface area (Å²) in [6.07, 6.45) is 0.364. The number of rotatable bonds is 3. The zero-order chi connectivity index (χ0) is 10.6. The van der Waals surface area contributed by atoms with E-state index in [1.54, 1.807) is 0 Å². The zero-order valence-corrected chi connectivity index (χ0v) is 7.64. The van der Waals surface area contributed by atoms with Gasteiger partial charge in [0.15, 0.2) is 0 Å². The molecule has 0 unspecified atom stereocenters. The van der Waals surface area contributed by atoms with Gasteiger partial charge in [0.25, 0.3) is 0 Å². The van der Waals surface area contributed by atoms with Crippen molar-refractivity contribution < 1.29 is 10.2 Å². The lowest BCUT2D eigenvalue weighted by atomic mass is 10.0. The van der Waals surface area contributed by atoms with Gasteiger partial charge in [0, 0.05) is 18.2 Å². The van der Waals surface area contributed by atoms with Crippen molar-refractivity contribution in [3.8, 4) is 11.8 Å². The highest BCUT2D eigenvalue weighted by Gasteiger charge is 2.10. The second kappa shape index (κ2) is 4.61. The van der Waals surface area contributed by atoms with Gasteiger partial charge in [-0.05, 0) is 24.6 Å². The van der Waals surface area contributed by atoms with Gasteiger partial charge in [-0.1, -0.05) is 0 Å². The molecule has 1 aromatic carbocycles. The molecular weight excluding hydrogens is 180 g/mol. The van der Waals surface area contributed by atoms with Gasteiger partial charge in [0.1, 0.15) is 5.75 Å². The highest BCUT2D eigenvalue weighted by atomic mass is 16.3. The molecule has 1 atom stereocenters. The van der Waals surface area contributed by atoms with Crippen LogP contribution in [0.15, 0.2) is 18.2 Å². The van der Waals surface area contributed by atoms with E-state index in [1.807, 2.05) is 6.07 Å². The Hall–Kier alpha value is -1.57. The molecule has 0 aliphatic carbocycles. The van der Waals surface area contributed by atoms with Gasteiger partial charge >= 0.3 is 0 Å². The van der Waals surface area contributed by atoms with Gasteiger partial charge in [-0.2, -0.15) is 5.26 Å². The Labute approximate surface area is 82.2 Å². The molecule has 0 aliphatic rings. The normalized spacial score (nSPS) is 12.1. The summed E-state index contributed by atoms with van der Waals surface area (Å²) in [7, 11) is 0. The number of benzene rings is 1. The molecule has 14 heavy (non-hydrogen) atoms. The second-order valence-corrected chi connectivity index (χ2v) is 3.00. The quantitative estimate of drug-likeness (QED) is 0.655. The van der Waals surface area contributed by atoms with Crippen LogP contribution in [0.5, 0.6) is 5.75 Å². The van der Waals surface area contributed by atoms with Gasteiger partial charge in [0.2, 0.25) is 0 Å². The highest BCUT2D eigenvalue weighted by molar-refractivity contribution is 5.42. The van der Waals surface area contributed by atoms with E-state index in [-0.39, 0.29) is 12.4 Å². The van der Waals surface area contributed by atoms with E-state index in [0.717, 1.165) is 0 Å². The topological polar surface area (TPSA) is 90.3 Å². The molecule has 74 valence electrons. The van der Waals surface area contributed by atoms with Crippen molar-refractivity contribution >= 4 is 0 Å². The Bertz CT molecular complexity index is 358. The molecule has 4 heteroatoms. The third kappa shape index (κ3) is 2.22. The van der Waals surface area contributed by atoms with Crippen LogP contribution in [0, 0.1) is 11.3 Å². The molecule has 0 bridgehead atoms. The van der Waals surface area contributed by atoms with Crippen LogP contribution in [0.25, 0.3) is 0 Å². The highest BCUT2D eigenvalue weighted by Crippen LogP contribution is 2.25. The van der Waals surface area contributed by atoms with Gasteiger partial charge in [-0.25, -0.2) is 0 Å². The predicted molar refractivity (Wildman–Crippen MR) is 51.5 cm³/mol. The first-order valence-electron chi connectivity index (χ1n) is 4.28. The summed E-state index contributed by atoms with van der Waals surface area (Å²) in [6.45, 7) is -0.0443. The van der Waals surface area contributed by atoms with E-state index >= 15 is 0 Å². The smallest absolute Gasteiger partial charge is 0.120 e. The lowest BCUT2D eigenvalue weighted by molar-refractivity contribution is 0.275. The molecule has 0 radical (unpaired) electrons. The van der Waals surface area contributed by atoms with Crippen molar-refractivity contribution in [2.75, 3.05) is 6.61 Å². The van der Waals surface area contributed by atoms with E-state index in [4.69, 9.17) is 16.1 Å². The summed E-state index contributed by atoms with van der Waals surface area (Å²) in [5.74, 6) is 0.0601. The molecule has 0 heterocycles. The first kappa shape index (κ1) is 10.5. The lowest BCUT2D eigenvalue weighted by Crippen LogP contribution is -2.12. The average molecular weight is 192 g/mol. The van der Waals surface area contributed by atoms with Crippen LogP contribution in [0.4, 0.5) is 0 Å². The first-order valence-corrected chi connectivity index (χ1v) is 4.28. The summed E-state index contributed by atoms with van der Waals surface area (Å²) in [5.41, 5.74) is 6.65. The summed E-state index contributed by atoms with van der Waals surface area (Å²) < 4.78 is 0. The summed E-state index contributed by atoms with van der Waals surface area (Å²) in [4.78, 5) is 0. The van der Waals surface area contributed by atoms with Crippen LogP contribution in [-0.4, -0.2) is 16.8 Å². The van der Waals surface area contributed by atoms with E-state index in [1.165, 1.54) is 18.2 Å². The Morgan fingerprint density at radius 3 is 2.79 bits per heavy atom. The van der Waals surface area contributed by atoms with Gasteiger partial charge in [-0.15, -0.1) is 0 Å². The molecule has 1 aromatic rings. The number of nitrogens with two attached hydrogens (primary N) is 1. The van der Waals surface area contributed by atoms with Crippen molar-refractivity contribution in [2.24, 2.45) is 5.73 Å². The number of aliphatic hydroxyl groups excluding tert-OH is 1. The fourth-order valence-electron chi connectivity index (χ4n) is 1.22. The van der Waals surface area contributed by atoms with E-state index < -0.39 is 6.04 Å². The van der Waals surface area contributed by atoms with Crippen LogP contribution < -0.4 is 5.73 Å². The molecule has 0 spiro atoms. The van der Waals surface area contributed by atoms with Crippen molar-refractivity contribution in [1.82, 2.24) is 0 Å². The fraction of sp³-hybridized carbons (Fsp3) is 0.300. The Morgan fingerprint density at radius 2 is 2.21 bits per heavy atom. The first-order chi connectivity index (χ1) is 6.69. The molecular formula is C10H12N2O2. The minimum Gasteiger partial charge on any atom is -0.508 e. The van der Waals surface area contributed by atoms with Crippen LogP contribution in [0.1, 0.15) is 23.6 Å². The molecule has 0 saturated carbocycles. The minimum atomic E-state index is -0.437. The summed E-state index contributed by atoms with van der Waals surface area (Å²) in [5, 5.41) is 26.8. The number of phenolic OH excluding ortho intramolecular Hbond substituents is 1. The maximum atomic E-state index is 9.46. The number of aliphatic hydroxyl groups is 1. The maximum absolute atomic E-state index is 9.46. The molecule has 0 aromatic heterocycles.